The van der Waals surface area contributed by atoms with Crippen molar-refractivity contribution in [1.29, 1.82) is 0 Å². The van der Waals surface area contributed by atoms with E-state index in [1.54, 1.807) is 0 Å². The third-order valence-corrected chi connectivity index (χ3v) is 4.37. The van der Waals surface area contributed by atoms with E-state index in [9.17, 15) is 0 Å². The molecular formula is C14H29N3. The normalized spacial score (nSPS) is 31.2. The molecule has 100 valence electrons. The Balaban J connectivity index is 1.70. The Morgan fingerprint density at radius 1 is 1.18 bits per heavy atom. The van der Waals surface area contributed by atoms with Gasteiger partial charge in [0, 0.05) is 25.2 Å². The van der Waals surface area contributed by atoms with Crippen molar-refractivity contribution in [2.75, 3.05) is 39.8 Å². The van der Waals surface area contributed by atoms with Crippen molar-refractivity contribution in [3.63, 3.8) is 0 Å². The van der Waals surface area contributed by atoms with Gasteiger partial charge in [0.25, 0.3) is 0 Å². The van der Waals surface area contributed by atoms with Crippen LogP contribution in [0.2, 0.25) is 0 Å². The highest BCUT2D eigenvalue weighted by Crippen LogP contribution is 2.17. The fraction of sp³-hybridized carbons (Fsp3) is 1.00. The molecule has 2 rings (SSSR count). The van der Waals surface area contributed by atoms with Crippen molar-refractivity contribution in [2.45, 2.75) is 51.1 Å². The number of hydrogen-bond acceptors (Lipinski definition) is 3. The van der Waals surface area contributed by atoms with Crippen LogP contribution in [0.3, 0.4) is 0 Å². The molecule has 2 heterocycles. The molecule has 0 aromatic carbocycles. The van der Waals surface area contributed by atoms with Crippen LogP contribution >= 0.6 is 0 Å². The number of nitrogens with zero attached hydrogens (tertiary/aromatic N) is 2. The Hall–Kier alpha value is -0.120. The third kappa shape index (κ3) is 3.94. The second-order valence-corrected chi connectivity index (χ2v) is 5.79. The first-order valence-electron chi connectivity index (χ1n) is 7.45. The zero-order valence-electron chi connectivity index (χ0n) is 11.6. The van der Waals surface area contributed by atoms with Gasteiger partial charge in [0.2, 0.25) is 0 Å². The molecule has 0 aromatic heterocycles. The van der Waals surface area contributed by atoms with E-state index in [1.807, 2.05) is 0 Å². The molecule has 0 saturated carbocycles. The lowest BCUT2D eigenvalue weighted by atomic mass is 10.0. The van der Waals surface area contributed by atoms with E-state index in [1.165, 1.54) is 64.8 Å². The third-order valence-electron chi connectivity index (χ3n) is 4.37. The maximum Gasteiger partial charge on any atom is 0.0223 e. The number of piperidine rings is 1. The van der Waals surface area contributed by atoms with Crippen LogP contribution in [0.1, 0.15) is 39.0 Å². The van der Waals surface area contributed by atoms with E-state index >= 15 is 0 Å². The largest absolute Gasteiger partial charge is 0.313 e. The van der Waals surface area contributed by atoms with Gasteiger partial charge >= 0.3 is 0 Å². The summed E-state index contributed by atoms with van der Waals surface area (Å²) in [5.74, 6) is 0. The second-order valence-electron chi connectivity index (χ2n) is 5.79. The van der Waals surface area contributed by atoms with Crippen LogP contribution in [0.15, 0.2) is 0 Å². The first-order chi connectivity index (χ1) is 8.29. The summed E-state index contributed by atoms with van der Waals surface area (Å²) in [6.07, 6.45) is 6.94. The Morgan fingerprint density at radius 2 is 2.06 bits per heavy atom. The summed E-state index contributed by atoms with van der Waals surface area (Å²) in [7, 11) is 2.29. The lowest BCUT2D eigenvalue weighted by molar-refractivity contribution is 0.182. The Kier molecular flexibility index (Phi) is 5.26. The zero-order valence-corrected chi connectivity index (χ0v) is 11.6. The van der Waals surface area contributed by atoms with Crippen molar-refractivity contribution in [3.05, 3.63) is 0 Å². The van der Waals surface area contributed by atoms with E-state index in [0.717, 1.165) is 12.1 Å². The summed E-state index contributed by atoms with van der Waals surface area (Å²) < 4.78 is 0. The first kappa shape index (κ1) is 13.3. The highest BCUT2D eigenvalue weighted by Gasteiger charge is 2.24. The molecule has 17 heavy (non-hydrogen) atoms. The first-order valence-corrected chi connectivity index (χ1v) is 7.45. The van der Waals surface area contributed by atoms with Gasteiger partial charge < -0.3 is 10.2 Å². The molecule has 2 aliphatic rings. The van der Waals surface area contributed by atoms with E-state index in [0.29, 0.717) is 0 Å². The summed E-state index contributed by atoms with van der Waals surface area (Å²) in [6.45, 7) is 8.54. The lowest BCUT2D eigenvalue weighted by Crippen LogP contribution is -2.46. The van der Waals surface area contributed by atoms with E-state index in [2.05, 4.69) is 29.1 Å². The number of hydrogen-bond donors (Lipinski definition) is 1. The van der Waals surface area contributed by atoms with Crippen molar-refractivity contribution in [3.8, 4) is 0 Å². The van der Waals surface area contributed by atoms with Crippen molar-refractivity contribution >= 4 is 0 Å². The van der Waals surface area contributed by atoms with Crippen LogP contribution in [0.4, 0.5) is 0 Å². The fourth-order valence-corrected chi connectivity index (χ4v) is 3.41. The molecule has 0 aliphatic carbocycles. The predicted octanol–water partition coefficient (Wildman–Crippen LogP) is 1.54. The quantitative estimate of drug-likeness (QED) is 0.785. The van der Waals surface area contributed by atoms with Gasteiger partial charge in [0.05, 0.1) is 0 Å². The topological polar surface area (TPSA) is 18.5 Å². The number of rotatable bonds is 5. The summed E-state index contributed by atoms with van der Waals surface area (Å²) in [5.41, 5.74) is 0. The van der Waals surface area contributed by atoms with E-state index < -0.39 is 0 Å². The van der Waals surface area contributed by atoms with Gasteiger partial charge in [-0.2, -0.15) is 0 Å². The minimum absolute atomic E-state index is 0.741. The maximum atomic E-state index is 3.64. The minimum atomic E-state index is 0.741. The Morgan fingerprint density at radius 3 is 2.76 bits per heavy atom. The average molecular weight is 239 g/mol. The zero-order chi connectivity index (χ0) is 12.1. The summed E-state index contributed by atoms with van der Waals surface area (Å²) in [6, 6.07) is 1.55. The molecule has 0 bridgehead atoms. The molecule has 3 heteroatoms. The van der Waals surface area contributed by atoms with Gasteiger partial charge in [0.15, 0.2) is 0 Å². The van der Waals surface area contributed by atoms with Gasteiger partial charge in [-0.05, 0) is 52.4 Å². The van der Waals surface area contributed by atoms with Crippen LogP contribution in [0, 0.1) is 0 Å². The fourth-order valence-electron chi connectivity index (χ4n) is 3.41. The lowest BCUT2D eigenvalue weighted by Gasteiger charge is -2.32. The maximum absolute atomic E-state index is 3.64. The van der Waals surface area contributed by atoms with Gasteiger partial charge in [0.1, 0.15) is 0 Å². The molecule has 0 spiro atoms. The summed E-state index contributed by atoms with van der Waals surface area (Å²) >= 11 is 0. The molecule has 0 aromatic rings. The summed E-state index contributed by atoms with van der Waals surface area (Å²) in [5, 5.41) is 3.64. The molecule has 1 N–H and O–H groups in total. The van der Waals surface area contributed by atoms with Gasteiger partial charge in [-0.1, -0.05) is 13.3 Å². The number of likely N-dealkylation sites (N-methyl/N-ethyl adjacent to an activating group) is 2. The predicted molar refractivity (Wildman–Crippen MR) is 73.4 cm³/mol. The van der Waals surface area contributed by atoms with E-state index in [4.69, 9.17) is 0 Å². The van der Waals surface area contributed by atoms with Crippen molar-refractivity contribution < 1.29 is 0 Å². The Bertz CT molecular complexity index is 214. The standard InChI is InChI=1S/C14H29N3/c1-3-17-10-6-8-14(17)12-16(2)11-13-7-4-5-9-15-13/h13-15H,3-12H2,1-2H3. The number of nitrogens with one attached hydrogen (secondary N) is 1. The molecule has 0 amide bonds. The highest BCUT2D eigenvalue weighted by atomic mass is 15.2. The van der Waals surface area contributed by atoms with Crippen molar-refractivity contribution in [2.24, 2.45) is 0 Å². The monoisotopic (exact) mass is 239 g/mol. The smallest absolute Gasteiger partial charge is 0.0223 e. The number of likely N-dealkylation sites (tertiary alicyclic amines) is 1. The molecule has 2 atom stereocenters. The molecule has 2 saturated heterocycles. The minimum Gasteiger partial charge on any atom is -0.313 e. The van der Waals surface area contributed by atoms with Gasteiger partial charge in [-0.25, -0.2) is 0 Å². The molecule has 3 nitrogen and oxygen atoms in total. The van der Waals surface area contributed by atoms with E-state index in [-0.39, 0.29) is 0 Å². The second kappa shape index (κ2) is 6.72. The molecular weight excluding hydrogens is 210 g/mol. The van der Waals surface area contributed by atoms with Crippen molar-refractivity contribution in [1.82, 2.24) is 15.1 Å². The van der Waals surface area contributed by atoms with Gasteiger partial charge in [-0.3, -0.25) is 4.90 Å². The molecule has 2 unspecified atom stereocenters. The molecule has 0 radical (unpaired) electrons. The highest BCUT2D eigenvalue weighted by molar-refractivity contribution is 4.82. The molecule has 2 aliphatic heterocycles. The van der Waals surface area contributed by atoms with Gasteiger partial charge in [-0.15, -0.1) is 0 Å². The van der Waals surface area contributed by atoms with Crippen LogP contribution in [-0.4, -0.2) is 61.7 Å². The van der Waals surface area contributed by atoms with Crippen LogP contribution < -0.4 is 5.32 Å². The van der Waals surface area contributed by atoms with Crippen LogP contribution in [0.5, 0.6) is 0 Å². The summed E-state index contributed by atoms with van der Waals surface area (Å²) in [4.78, 5) is 5.19. The van der Waals surface area contributed by atoms with Crippen LogP contribution in [-0.2, 0) is 0 Å². The average Bonchev–Trinajstić information content (AvgIpc) is 2.77. The Labute approximate surface area is 107 Å². The van der Waals surface area contributed by atoms with Crippen LogP contribution in [0.25, 0.3) is 0 Å². The molecule has 2 fully saturated rings. The SMILES string of the molecule is CCN1CCCC1CN(C)CC1CCCCN1.